The molecule has 0 aliphatic rings. The maximum Gasteiger partial charge on any atom is 0.329 e. The molecule has 5 nitrogen and oxygen atoms in total. The first-order valence-electron chi connectivity index (χ1n) is 6.20. The molecule has 0 aliphatic heterocycles. The summed E-state index contributed by atoms with van der Waals surface area (Å²) in [4.78, 5) is 23.2. The van der Waals surface area contributed by atoms with Crippen LogP contribution in [0.25, 0.3) is 0 Å². The van der Waals surface area contributed by atoms with E-state index in [0.717, 1.165) is 9.13 Å². The Morgan fingerprint density at radius 2 is 1.82 bits per heavy atom. The van der Waals surface area contributed by atoms with Crippen LogP contribution in [0.5, 0.6) is 0 Å². The van der Waals surface area contributed by atoms with Gasteiger partial charge in [0.1, 0.15) is 5.82 Å². The number of nitrogens with one attached hydrogen (secondary N) is 2. The fraction of sp³-hybridized carbons (Fsp3) is 0. The molecule has 0 heterocycles. The topological polar surface area (TPSA) is 70.6 Å². The number of amides is 2. The summed E-state index contributed by atoms with van der Waals surface area (Å²) in [6, 6.07) is 12.5. The third-order valence-corrected chi connectivity index (χ3v) is 3.21. The molecule has 0 radical (unpaired) electrons. The Morgan fingerprint density at radius 1 is 1.09 bits per heavy atom. The van der Waals surface area contributed by atoms with Crippen molar-refractivity contribution in [2.24, 2.45) is 5.10 Å². The normalized spacial score (nSPS) is 10.5. The quantitative estimate of drug-likeness (QED) is 0.353. The molecule has 0 aliphatic carbocycles. The third kappa shape index (κ3) is 4.92. The van der Waals surface area contributed by atoms with Gasteiger partial charge in [-0.05, 0) is 64.6 Å². The first-order valence-corrected chi connectivity index (χ1v) is 7.28. The van der Waals surface area contributed by atoms with Gasteiger partial charge >= 0.3 is 11.8 Å². The smallest absolute Gasteiger partial charge is 0.318 e. The Hall–Kier alpha value is -2.29. The van der Waals surface area contributed by atoms with Crippen LogP contribution in [-0.4, -0.2) is 18.0 Å². The molecule has 2 N–H and O–H groups in total. The Labute approximate surface area is 139 Å². The van der Waals surface area contributed by atoms with E-state index in [1.165, 1.54) is 30.5 Å². The zero-order chi connectivity index (χ0) is 15.9. The van der Waals surface area contributed by atoms with Crippen LogP contribution in [0.4, 0.5) is 10.1 Å². The minimum absolute atomic E-state index is 0.322. The third-order valence-electron chi connectivity index (χ3n) is 2.54. The zero-order valence-electron chi connectivity index (χ0n) is 11.2. The fourth-order valence-corrected chi connectivity index (χ4v) is 2.09. The van der Waals surface area contributed by atoms with E-state index in [-0.39, 0.29) is 0 Å². The van der Waals surface area contributed by atoms with Gasteiger partial charge in [0.2, 0.25) is 0 Å². The summed E-state index contributed by atoms with van der Waals surface area (Å²) in [7, 11) is 0. The molecule has 7 heteroatoms. The van der Waals surface area contributed by atoms with Gasteiger partial charge in [0.05, 0.1) is 6.21 Å². The summed E-state index contributed by atoms with van der Waals surface area (Å²) in [5.41, 5.74) is 3.24. The fourth-order valence-electron chi connectivity index (χ4n) is 1.52. The molecule has 2 aromatic rings. The minimum atomic E-state index is -0.911. The van der Waals surface area contributed by atoms with Crippen LogP contribution in [0, 0.1) is 9.39 Å². The molecule has 0 saturated carbocycles. The van der Waals surface area contributed by atoms with Crippen molar-refractivity contribution in [3.8, 4) is 0 Å². The molecule has 0 saturated heterocycles. The molecule has 0 unspecified atom stereocenters. The highest BCUT2D eigenvalue weighted by molar-refractivity contribution is 14.1. The van der Waals surface area contributed by atoms with Gasteiger partial charge in [0.15, 0.2) is 0 Å². The first-order chi connectivity index (χ1) is 10.5. The van der Waals surface area contributed by atoms with Crippen LogP contribution in [0.1, 0.15) is 5.56 Å². The number of benzene rings is 2. The van der Waals surface area contributed by atoms with Crippen LogP contribution in [-0.2, 0) is 9.59 Å². The summed E-state index contributed by atoms with van der Waals surface area (Å²) in [6.07, 6.45) is 1.44. The predicted molar refractivity (Wildman–Crippen MR) is 89.9 cm³/mol. The van der Waals surface area contributed by atoms with E-state index in [0.29, 0.717) is 5.69 Å². The van der Waals surface area contributed by atoms with Gasteiger partial charge in [0, 0.05) is 9.26 Å². The molecule has 112 valence electrons. The Kier molecular flexibility index (Phi) is 5.59. The van der Waals surface area contributed by atoms with Crippen molar-refractivity contribution in [1.82, 2.24) is 5.43 Å². The molecule has 0 aromatic heterocycles. The molecule has 0 fully saturated rings. The number of hydrogen-bond acceptors (Lipinski definition) is 3. The average molecular weight is 411 g/mol. The van der Waals surface area contributed by atoms with E-state index in [1.807, 2.05) is 24.3 Å². The minimum Gasteiger partial charge on any atom is -0.318 e. The first kappa shape index (κ1) is 16.1. The summed E-state index contributed by atoms with van der Waals surface area (Å²) >= 11 is 2.16. The van der Waals surface area contributed by atoms with E-state index in [2.05, 4.69) is 38.4 Å². The molecule has 0 atom stereocenters. The number of carbonyl (C=O) groups is 2. The van der Waals surface area contributed by atoms with E-state index in [9.17, 15) is 14.0 Å². The van der Waals surface area contributed by atoms with E-state index < -0.39 is 17.6 Å². The van der Waals surface area contributed by atoms with Crippen LogP contribution >= 0.6 is 22.6 Å². The summed E-state index contributed by atoms with van der Waals surface area (Å²) in [5.74, 6) is -2.22. The van der Waals surface area contributed by atoms with Gasteiger partial charge in [-0.1, -0.05) is 12.1 Å². The number of rotatable bonds is 3. The lowest BCUT2D eigenvalue weighted by Gasteiger charge is -2.03. The SMILES string of the molecule is O=C(N/N=C/c1cccc(I)c1)C(=O)Nc1ccc(F)cc1. The van der Waals surface area contributed by atoms with Gasteiger partial charge in [-0.15, -0.1) is 0 Å². The molecule has 0 bridgehead atoms. The van der Waals surface area contributed by atoms with Crippen molar-refractivity contribution in [3.05, 3.63) is 63.5 Å². The van der Waals surface area contributed by atoms with Crippen molar-refractivity contribution in [2.45, 2.75) is 0 Å². The highest BCUT2D eigenvalue weighted by Gasteiger charge is 2.12. The summed E-state index contributed by atoms with van der Waals surface area (Å²) in [6.45, 7) is 0. The lowest BCUT2D eigenvalue weighted by Crippen LogP contribution is -2.32. The largest absolute Gasteiger partial charge is 0.329 e. The number of nitrogens with zero attached hydrogens (tertiary/aromatic N) is 1. The van der Waals surface area contributed by atoms with Gasteiger partial charge < -0.3 is 5.32 Å². The van der Waals surface area contributed by atoms with Crippen molar-refractivity contribution in [1.29, 1.82) is 0 Å². The van der Waals surface area contributed by atoms with Crippen molar-refractivity contribution >= 4 is 46.3 Å². The second-order valence-electron chi connectivity index (χ2n) is 4.22. The van der Waals surface area contributed by atoms with E-state index in [1.54, 1.807) is 0 Å². The Balaban J connectivity index is 1.89. The van der Waals surface area contributed by atoms with Crippen LogP contribution < -0.4 is 10.7 Å². The van der Waals surface area contributed by atoms with Crippen molar-refractivity contribution in [3.63, 3.8) is 0 Å². The number of anilines is 1. The standard InChI is InChI=1S/C15H11FIN3O2/c16-11-4-6-13(7-5-11)19-14(21)15(22)20-18-9-10-2-1-3-12(17)8-10/h1-9H,(H,19,21)(H,20,22)/b18-9+. The zero-order valence-corrected chi connectivity index (χ0v) is 13.4. The van der Waals surface area contributed by atoms with E-state index in [4.69, 9.17) is 0 Å². The second-order valence-corrected chi connectivity index (χ2v) is 5.46. The molecule has 0 spiro atoms. The predicted octanol–water partition coefficient (Wildman–Crippen LogP) is 2.52. The molecular formula is C15H11FIN3O2. The highest BCUT2D eigenvalue weighted by atomic mass is 127. The van der Waals surface area contributed by atoms with Crippen LogP contribution in [0.3, 0.4) is 0 Å². The average Bonchev–Trinajstić information content (AvgIpc) is 2.49. The van der Waals surface area contributed by atoms with Gasteiger partial charge in [0.25, 0.3) is 0 Å². The lowest BCUT2D eigenvalue weighted by atomic mass is 10.2. The number of halogens is 2. The number of hydrazone groups is 1. The molecule has 2 aromatic carbocycles. The molecule has 22 heavy (non-hydrogen) atoms. The Morgan fingerprint density at radius 3 is 2.50 bits per heavy atom. The lowest BCUT2D eigenvalue weighted by molar-refractivity contribution is -0.136. The maximum atomic E-state index is 12.7. The number of carbonyl (C=O) groups excluding carboxylic acids is 2. The van der Waals surface area contributed by atoms with Crippen LogP contribution in [0.15, 0.2) is 53.6 Å². The van der Waals surface area contributed by atoms with Crippen molar-refractivity contribution < 1.29 is 14.0 Å². The molecular weight excluding hydrogens is 400 g/mol. The van der Waals surface area contributed by atoms with Gasteiger partial charge in [-0.2, -0.15) is 5.10 Å². The maximum absolute atomic E-state index is 12.7. The molecule has 2 amide bonds. The summed E-state index contributed by atoms with van der Waals surface area (Å²) < 4.78 is 13.8. The van der Waals surface area contributed by atoms with E-state index >= 15 is 0 Å². The highest BCUT2D eigenvalue weighted by Crippen LogP contribution is 2.08. The van der Waals surface area contributed by atoms with Crippen LogP contribution in [0.2, 0.25) is 0 Å². The second kappa shape index (κ2) is 7.64. The number of hydrogen-bond donors (Lipinski definition) is 2. The van der Waals surface area contributed by atoms with Gasteiger partial charge in [-0.3, -0.25) is 9.59 Å². The van der Waals surface area contributed by atoms with Crippen molar-refractivity contribution in [2.75, 3.05) is 5.32 Å². The molecule has 2 rings (SSSR count). The monoisotopic (exact) mass is 411 g/mol. The Bertz CT molecular complexity index is 717. The summed E-state index contributed by atoms with van der Waals surface area (Å²) in [5, 5.41) is 6.04. The van der Waals surface area contributed by atoms with Gasteiger partial charge in [-0.25, -0.2) is 9.82 Å².